The van der Waals surface area contributed by atoms with Gasteiger partial charge in [0.05, 0.1) is 41.5 Å². The Labute approximate surface area is 286 Å². The van der Waals surface area contributed by atoms with Gasteiger partial charge in [-0.1, -0.05) is 6.92 Å². The normalized spacial score (nSPS) is 20.5. The number of carbonyl (C=O) groups is 2. The first kappa shape index (κ1) is 34.2. The molecule has 4 heterocycles. The molecule has 3 aromatic rings. The number of nitriles is 1. The first-order chi connectivity index (χ1) is 23.7. The summed E-state index contributed by atoms with van der Waals surface area (Å²) in [6.07, 6.45) is 2.14. The van der Waals surface area contributed by atoms with Gasteiger partial charge in [-0.2, -0.15) is 9.57 Å². The SMILES string of the molecule is CCOc1ncccc1C1(OC(=O)N2CCC(N3CCN(CC)CC3)CC2)C(=O)N(S(=O)(=O)c2ccc(OC)cc2)c2ccc(C#N)cc21. The first-order valence-corrected chi connectivity index (χ1v) is 17.9. The molecule has 1 atom stereocenters. The number of piperidine rings is 1. The summed E-state index contributed by atoms with van der Waals surface area (Å²) in [5.41, 5.74) is -2.20. The van der Waals surface area contributed by atoms with Gasteiger partial charge < -0.3 is 24.0 Å². The number of hydrogen-bond acceptors (Lipinski definition) is 11. The minimum atomic E-state index is -4.57. The topological polar surface area (TPSA) is 146 Å². The van der Waals surface area contributed by atoms with Gasteiger partial charge in [-0.05, 0) is 80.9 Å². The third kappa shape index (κ3) is 6.18. The zero-order chi connectivity index (χ0) is 34.8. The predicted octanol–water partition coefficient (Wildman–Crippen LogP) is 3.58. The average Bonchev–Trinajstić information content (AvgIpc) is 3.39. The molecule has 2 saturated heterocycles. The number of likely N-dealkylation sites (tertiary alicyclic amines) is 1. The lowest BCUT2D eigenvalue weighted by Crippen LogP contribution is -2.54. The molecule has 6 rings (SSSR count). The lowest BCUT2D eigenvalue weighted by Gasteiger charge is -2.42. The van der Waals surface area contributed by atoms with E-state index in [-0.39, 0.29) is 39.8 Å². The molecule has 2 aromatic carbocycles. The Hall–Kier alpha value is -4.71. The Bertz CT molecular complexity index is 1850. The maximum Gasteiger partial charge on any atom is 0.411 e. The van der Waals surface area contributed by atoms with Crippen molar-refractivity contribution in [1.82, 2.24) is 19.7 Å². The number of fused-ring (bicyclic) bond motifs is 1. The highest BCUT2D eigenvalue weighted by molar-refractivity contribution is 7.93. The highest BCUT2D eigenvalue weighted by Gasteiger charge is 2.61. The van der Waals surface area contributed by atoms with Crippen molar-refractivity contribution in [3.63, 3.8) is 0 Å². The van der Waals surface area contributed by atoms with Crippen LogP contribution in [0.2, 0.25) is 0 Å². The van der Waals surface area contributed by atoms with Crippen molar-refractivity contribution in [2.75, 3.05) is 63.8 Å². The van der Waals surface area contributed by atoms with Crippen molar-refractivity contribution in [3.8, 4) is 17.7 Å². The summed E-state index contributed by atoms with van der Waals surface area (Å²) in [4.78, 5) is 39.8. The van der Waals surface area contributed by atoms with Gasteiger partial charge in [-0.3, -0.25) is 9.69 Å². The van der Waals surface area contributed by atoms with Gasteiger partial charge in [0.25, 0.3) is 21.5 Å². The smallest absolute Gasteiger partial charge is 0.411 e. The summed E-state index contributed by atoms with van der Waals surface area (Å²) in [6.45, 7) is 9.85. The van der Waals surface area contributed by atoms with E-state index in [9.17, 15) is 23.3 Å². The largest absolute Gasteiger partial charge is 0.497 e. The minimum absolute atomic E-state index is 0.00640. The Kier molecular flexibility index (Phi) is 9.78. The van der Waals surface area contributed by atoms with Crippen LogP contribution in [0, 0.1) is 11.3 Å². The van der Waals surface area contributed by atoms with Crippen molar-refractivity contribution in [3.05, 3.63) is 77.5 Å². The molecule has 0 N–H and O–H groups in total. The van der Waals surface area contributed by atoms with Crippen LogP contribution in [-0.4, -0.2) is 106 Å². The molecule has 0 saturated carbocycles. The molecule has 0 bridgehead atoms. The summed E-state index contributed by atoms with van der Waals surface area (Å²) in [7, 11) is -3.11. The molecule has 258 valence electrons. The van der Waals surface area contributed by atoms with Gasteiger partial charge in [-0.15, -0.1) is 0 Å². The number of hydrogen-bond donors (Lipinski definition) is 0. The van der Waals surface area contributed by atoms with Crippen LogP contribution in [-0.2, 0) is 25.2 Å². The highest BCUT2D eigenvalue weighted by atomic mass is 32.2. The molecular formula is C35H40N6O7S. The first-order valence-electron chi connectivity index (χ1n) is 16.5. The van der Waals surface area contributed by atoms with Gasteiger partial charge in [0.1, 0.15) is 5.75 Å². The van der Waals surface area contributed by atoms with Crippen molar-refractivity contribution >= 4 is 27.7 Å². The van der Waals surface area contributed by atoms with Crippen LogP contribution in [0.1, 0.15) is 43.4 Å². The van der Waals surface area contributed by atoms with E-state index in [4.69, 9.17) is 14.2 Å². The Morgan fingerprint density at radius 1 is 1.00 bits per heavy atom. The van der Waals surface area contributed by atoms with Crippen molar-refractivity contribution in [2.45, 2.75) is 43.2 Å². The van der Waals surface area contributed by atoms with Crippen LogP contribution in [0.5, 0.6) is 11.6 Å². The van der Waals surface area contributed by atoms with E-state index >= 15 is 0 Å². The quantitative estimate of drug-likeness (QED) is 0.325. The molecule has 1 aromatic heterocycles. The number of pyridine rings is 1. The number of methoxy groups -OCH3 is 1. The van der Waals surface area contributed by atoms with Crippen LogP contribution in [0.15, 0.2) is 65.7 Å². The fourth-order valence-electron chi connectivity index (χ4n) is 6.90. The average molecular weight is 689 g/mol. The van der Waals surface area contributed by atoms with Gasteiger partial charge >= 0.3 is 6.09 Å². The molecule has 2 amide bonds. The molecule has 13 nitrogen and oxygen atoms in total. The third-order valence-electron chi connectivity index (χ3n) is 9.57. The molecule has 3 aliphatic heterocycles. The Morgan fingerprint density at radius 3 is 2.35 bits per heavy atom. The molecule has 0 spiro atoms. The van der Waals surface area contributed by atoms with E-state index in [1.165, 1.54) is 61.8 Å². The molecule has 49 heavy (non-hydrogen) atoms. The highest BCUT2D eigenvalue weighted by Crippen LogP contribution is 2.51. The number of likely N-dealkylation sites (N-methyl/N-ethyl adjacent to an activating group) is 1. The van der Waals surface area contributed by atoms with Gasteiger partial charge in [0.2, 0.25) is 5.88 Å². The lowest BCUT2D eigenvalue weighted by atomic mass is 9.87. The third-order valence-corrected chi connectivity index (χ3v) is 11.3. The van der Waals surface area contributed by atoms with Gasteiger partial charge in [-0.25, -0.2) is 18.2 Å². The number of carbonyl (C=O) groups excluding carboxylic acids is 2. The Morgan fingerprint density at radius 2 is 1.71 bits per heavy atom. The number of amides is 2. The van der Waals surface area contributed by atoms with E-state index in [0.29, 0.717) is 29.2 Å². The molecule has 3 aliphatic rings. The number of piperazine rings is 1. The zero-order valence-corrected chi connectivity index (χ0v) is 28.7. The number of sulfonamides is 1. The summed E-state index contributed by atoms with van der Waals surface area (Å²) in [5.74, 6) is -0.634. The molecule has 1 unspecified atom stereocenters. The van der Waals surface area contributed by atoms with Crippen molar-refractivity contribution in [2.24, 2.45) is 0 Å². The fraction of sp³-hybridized carbons (Fsp3) is 0.429. The lowest BCUT2D eigenvalue weighted by molar-refractivity contribution is -0.132. The molecule has 14 heteroatoms. The second kappa shape index (κ2) is 14.0. The molecule has 0 aliphatic carbocycles. The van der Waals surface area contributed by atoms with E-state index in [1.807, 2.05) is 0 Å². The second-order valence-electron chi connectivity index (χ2n) is 12.1. The van der Waals surface area contributed by atoms with E-state index < -0.39 is 27.6 Å². The van der Waals surface area contributed by atoms with E-state index in [0.717, 1.165) is 45.6 Å². The number of aromatic nitrogens is 1. The van der Waals surface area contributed by atoms with Crippen LogP contribution in [0.3, 0.4) is 0 Å². The van der Waals surface area contributed by atoms with Crippen LogP contribution >= 0.6 is 0 Å². The zero-order valence-electron chi connectivity index (χ0n) is 27.9. The number of anilines is 1. The number of ether oxygens (including phenoxy) is 3. The molecular weight excluding hydrogens is 648 g/mol. The molecule has 2 fully saturated rings. The van der Waals surface area contributed by atoms with Crippen LogP contribution in [0.25, 0.3) is 0 Å². The standard InChI is InChI=1S/C35H40N6O7S/c1-4-38-19-21-39(22-20-38)26-14-17-40(18-15-26)34(43)48-35(29-7-6-16-37-32(29)47-5-2)30-23-25(24-36)8-13-31(30)41(33(35)42)49(44,45)28-11-9-27(46-3)10-12-28/h6-13,16,23,26H,4-5,14-15,17-22H2,1-3H3. The van der Waals surface area contributed by atoms with E-state index in [1.54, 1.807) is 17.9 Å². The summed E-state index contributed by atoms with van der Waals surface area (Å²) in [6, 6.07) is 15.2. The van der Waals surface area contributed by atoms with Crippen molar-refractivity contribution < 1.29 is 32.2 Å². The maximum absolute atomic E-state index is 15.0. The van der Waals surface area contributed by atoms with Gasteiger partial charge in [0.15, 0.2) is 0 Å². The molecule has 0 radical (unpaired) electrons. The van der Waals surface area contributed by atoms with Crippen molar-refractivity contribution in [1.29, 1.82) is 5.26 Å². The maximum atomic E-state index is 15.0. The number of benzene rings is 2. The minimum Gasteiger partial charge on any atom is -0.497 e. The summed E-state index contributed by atoms with van der Waals surface area (Å²) >= 11 is 0. The van der Waals surface area contributed by atoms with Gasteiger partial charge in [0, 0.05) is 57.1 Å². The summed E-state index contributed by atoms with van der Waals surface area (Å²) < 4.78 is 46.6. The second-order valence-corrected chi connectivity index (χ2v) is 13.9. The van der Waals surface area contributed by atoms with E-state index in [2.05, 4.69) is 27.8 Å². The van der Waals surface area contributed by atoms with Crippen LogP contribution in [0.4, 0.5) is 10.5 Å². The summed E-state index contributed by atoms with van der Waals surface area (Å²) in [5, 5.41) is 9.88. The predicted molar refractivity (Wildman–Crippen MR) is 180 cm³/mol. The number of rotatable bonds is 9. The Balaban J connectivity index is 1.40. The van der Waals surface area contributed by atoms with Crippen LogP contribution < -0.4 is 13.8 Å². The fourth-order valence-corrected chi connectivity index (χ4v) is 8.36. The number of nitrogens with zero attached hydrogens (tertiary/aromatic N) is 6. The monoisotopic (exact) mass is 688 g/mol.